The van der Waals surface area contributed by atoms with E-state index in [4.69, 9.17) is 4.74 Å². The van der Waals surface area contributed by atoms with Crippen LogP contribution in [0, 0.1) is 6.92 Å². The highest BCUT2D eigenvalue weighted by atomic mass is 79.9. The summed E-state index contributed by atoms with van der Waals surface area (Å²) in [5.41, 5.74) is 2.40. The van der Waals surface area contributed by atoms with E-state index in [0.29, 0.717) is 5.88 Å². The third kappa shape index (κ3) is 3.57. The number of nitrogens with zero attached hydrogens (tertiary/aromatic N) is 1. The minimum Gasteiger partial charge on any atom is -0.439 e. The standard InChI is InChI=1S/C16H18BrNO/c1-11-5-7-13(17)9-14(11)19-15-8-6-12(10-18-15)16(2,3)4/h5-10H,1-4H3. The second kappa shape index (κ2) is 5.33. The Morgan fingerprint density at radius 2 is 1.84 bits per heavy atom. The molecule has 2 rings (SSSR count). The summed E-state index contributed by atoms with van der Waals surface area (Å²) in [6, 6.07) is 9.95. The second-order valence-electron chi connectivity index (χ2n) is 5.65. The molecular weight excluding hydrogens is 302 g/mol. The number of rotatable bonds is 2. The molecule has 2 aromatic rings. The van der Waals surface area contributed by atoms with Crippen LogP contribution in [0.4, 0.5) is 0 Å². The topological polar surface area (TPSA) is 22.1 Å². The average Bonchev–Trinajstić information content (AvgIpc) is 2.33. The van der Waals surface area contributed by atoms with E-state index in [1.54, 1.807) is 0 Å². The molecule has 0 spiro atoms. The van der Waals surface area contributed by atoms with Crippen molar-refractivity contribution in [2.45, 2.75) is 33.1 Å². The minimum atomic E-state index is 0.108. The smallest absolute Gasteiger partial charge is 0.219 e. The minimum absolute atomic E-state index is 0.108. The molecular formula is C16H18BrNO. The fraction of sp³-hybridized carbons (Fsp3) is 0.312. The van der Waals surface area contributed by atoms with Crippen LogP contribution in [0.25, 0.3) is 0 Å². The van der Waals surface area contributed by atoms with Crippen LogP contribution in [-0.2, 0) is 5.41 Å². The summed E-state index contributed by atoms with van der Waals surface area (Å²) < 4.78 is 6.82. The lowest BCUT2D eigenvalue weighted by Gasteiger charge is -2.18. The number of aromatic nitrogens is 1. The summed E-state index contributed by atoms with van der Waals surface area (Å²) >= 11 is 3.45. The molecule has 0 bridgehead atoms. The van der Waals surface area contributed by atoms with Crippen molar-refractivity contribution < 1.29 is 4.74 Å². The average molecular weight is 320 g/mol. The Labute approximate surface area is 123 Å². The molecule has 0 aliphatic heterocycles. The predicted molar refractivity (Wildman–Crippen MR) is 81.9 cm³/mol. The molecule has 0 aliphatic rings. The fourth-order valence-corrected chi connectivity index (χ4v) is 2.02. The van der Waals surface area contributed by atoms with E-state index in [1.165, 1.54) is 5.56 Å². The van der Waals surface area contributed by atoms with E-state index >= 15 is 0 Å². The molecule has 3 heteroatoms. The van der Waals surface area contributed by atoms with Gasteiger partial charge in [0.15, 0.2) is 0 Å². The van der Waals surface area contributed by atoms with Crippen molar-refractivity contribution in [3.05, 3.63) is 52.1 Å². The first-order chi connectivity index (χ1) is 8.86. The Bertz CT molecular complexity index is 570. The molecule has 0 fully saturated rings. The van der Waals surface area contributed by atoms with E-state index in [9.17, 15) is 0 Å². The summed E-state index contributed by atoms with van der Waals surface area (Å²) in [5.74, 6) is 1.44. The maximum atomic E-state index is 5.82. The number of pyridine rings is 1. The van der Waals surface area contributed by atoms with Gasteiger partial charge in [-0.1, -0.05) is 48.8 Å². The third-order valence-corrected chi connectivity index (χ3v) is 3.46. The molecule has 0 aliphatic carbocycles. The van der Waals surface area contributed by atoms with Crippen molar-refractivity contribution in [2.24, 2.45) is 0 Å². The van der Waals surface area contributed by atoms with Gasteiger partial charge in [0, 0.05) is 16.7 Å². The van der Waals surface area contributed by atoms with E-state index in [0.717, 1.165) is 15.8 Å². The van der Waals surface area contributed by atoms with Gasteiger partial charge in [0.2, 0.25) is 5.88 Å². The van der Waals surface area contributed by atoms with Gasteiger partial charge in [0.05, 0.1) is 0 Å². The van der Waals surface area contributed by atoms with Gasteiger partial charge in [-0.2, -0.15) is 0 Å². The molecule has 0 unspecified atom stereocenters. The van der Waals surface area contributed by atoms with Crippen molar-refractivity contribution >= 4 is 15.9 Å². The summed E-state index contributed by atoms with van der Waals surface area (Å²) in [7, 11) is 0. The Morgan fingerprint density at radius 1 is 1.11 bits per heavy atom. The molecule has 0 atom stereocenters. The van der Waals surface area contributed by atoms with E-state index < -0.39 is 0 Å². The van der Waals surface area contributed by atoms with Crippen LogP contribution in [-0.4, -0.2) is 4.98 Å². The first kappa shape index (κ1) is 14.1. The zero-order valence-electron chi connectivity index (χ0n) is 11.7. The van der Waals surface area contributed by atoms with Crippen molar-refractivity contribution in [2.75, 3.05) is 0 Å². The maximum Gasteiger partial charge on any atom is 0.219 e. The summed E-state index contributed by atoms with van der Waals surface area (Å²) in [4.78, 5) is 4.37. The Hall–Kier alpha value is -1.35. The van der Waals surface area contributed by atoms with Gasteiger partial charge < -0.3 is 4.74 Å². The zero-order valence-corrected chi connectivity index (χ0v) is 13.3. The zero-order chi connectivity index (χ0) is 14.0. The van der Waals surface area contributed by atoms with Crippen molar-refractivity contribution in [1.82, 2.24) is 4.98 Å². The number of hydrogen-bond acceptors (Lipinski definition) is 2. The van der Waals surface area contributed by atoms with E-state index in [2.05, 4.69) is 47.8 Å². The van der Waals surface area contributed by atoms with Gasteiger partial charge >= 0.3 is 0 Å². The number of hydrogen-bond donors (Lipinski definition) is 0. The van der Waals surface area contributed by atoms with Gasteiger partial charge in [-0.15, -0.1) is 0 Å². The maximum absolute atomic E-state index is 5.82. The number of benzene rings is 1. The van der Waals surface area contributed by atoms with E-state index in [1.807, 2.05) is 37.4 Å². The molecule has 0 amide bonds. The molecule has 1 aromatic carbocycles. The molecule has 2 nitrogen and oxygen atoms in total. The van der Waals surface area contributed by atoms with Gasteiger partial charge in [-0.25, -0.2) is 4.98 Å². The van der Waals surface area contributed by atoms with Crippen molar-refractivity contribution in [1.29, 1.82) is 0 Å². The third-order valence-electron chi connectivity index (χ3n) is 2.97. The van der Waals surface area contributed by atoms with Crippen LogP contribution in [0.2, 0.25) is 0 Å². The molecule has 19 heavy (non-hydrogen) atoms. The highest BCUT2D eigenvalue weighted by molar-refractivity contribution is 9.10. The number of aryl methyl sites for hydroxylation is 1. The highest BCUT2D eigenvalue weighted by Crippen LogP contribution is 2.28. The van der Waals surface area contributed by atoms with Crippen LogP contribution < -0.4 is 4.74 Å². The highest BCUT2D eigenvalue weighted by Gasteiger charge is 2.14. The summed E-state index contributed by atoms with van der Waals surface area (Å²) in [5, 5.41) is 0. The van der Waals surface area contributed by atoms with Crippen LogP contribution in [0.1, 0.15) is 31.9 Å². The lowest BCUT2D eigenvalue weighted by molar-refractivity contribution is 0.457. The Kier molecular flexibility index (Phi) is 3.95. The summed E-state index contributed by atoms with van der Waals surface area (Å²) in [6.45, 7) is 8.53. The van der Waals surface area contributed by atoms with Gasteiger partial charge in [0.25, 0.3) is 0 Å². The van der Waals surface area contributed by atoms with Gasteiger partial charge in [-0.05, 0) is 35.6 Å². The van der Waals surface area contributed by atoms with E-state index in [-0.39, 0.29) is 5.41 Å². The van der Waals surface area contributed by atoms with Crippen molar-refractivity contribution in [3.8, 4) is 11.6 Å². The van der Waals surface area contributed by atoms with Crippen LogP contribution >= 0.6 is 15.9 Å². The number of halogens is 1. The predicted octanol–water partition coefficient (Wildman–Crippen LogP) is 5.24. The lowest BCUT2D eigenvalue weighted by Crippen LogP contribution is -2.11. The van der Waals surface area contributed by atoms with Gasteiger partial charge in [0.1, 0.15) is 5.75 Å². The fourth-order valence-electron chi connectivity index (χ4n) is 1.68. The quantitative estimate of drug-likeness (QED) is 0.754. The first-order valence-electron chi connectivity index (χ1n) is 6.27. The van der Waals surface area contributed by atoms with Crippen LogP contribution in [0.5, 0.6) is 11.6 Å². The molecule has 0 N–H and O–H groups in total. The molecule has 1 heterocycles. The Morgan fingerprint density at radius 3 is 2.42 bits per heavy atom. The van der Waals surface area contributed by atoms with Crippen LogP contribution in [0.15, 0.2) is 41.0 Å². The number of ether oxygens (including phenoxy) is 1. The largest absolute Gasteiger partial charge is 0.439 e. The van der Waals surface area contributed by atoms with Crippen molar-refractivity contribution in [3.63, 3.8) is 0 Å². The Balaban J connectivity index is 2.22. The molecule has 0 saturated heterocycles. The first-order valence-corrected chi connectivity index (χ1v) is 7.06. The molecule has 100 valence electrons. The SMILES string of the molecule is Cc1ccc(Br)cc1Oc1ccc(C(C)(C)C)cn1. The lowest BCUT2D eigenvalue weighted by atomic mass is 9.88. The summed E-state index contributed by atoms with van der Waals surface area (Å²) in [6.07, 6.45) is 1.88. The normalized spacial score (nSPS) is 11.4. The molecule has 0 saturated carbocycles. The molecule has 0 radical (unpaired) electrons. The van der Waals surface area contributed by atoms with Gasteiger partial charge in [-0.3, -0.25) is 0 Å². The second-order valence-corrected chi connectivity index (χ2v) is 6.56. The van der Waals surface area contributed by atoms with Crippen LogP contribution in [0.3, 0.4) is 0 Å². The molecule has 1 aromatic heterocycles. The monoisotopic (exact) mass is 319 g/mol.